The van der Waals surface area contributed by atoms with Crippen molar-refractivity contribution in [3.8, 4) is 0 Å². The molecular formula is C11H13ClN2O2. The van der Waals surface area contributed by atoms with Gasteiger partial charge in [-0.2, -0.15) is 0 Å². The van der Waals surface area contributed by atoms with Gasteiger partial charge in [0.2, 0.25) is 0 Å². The van der Waals surface area contributed by atoms with Crippen molar-refractivity contribution in [2.24, 2.45) is 0 Å². The monoisotopic (exact) mass is 240 g/mol. The van der Waals surface area contributed by atoms with Crippen LogP contribution in [0.5, 0.6) is 0 Å². The molecular weight excluding hydrogens is 228 g/mol. The smallest absolute Gasteiger partial charge is 0.255 e. The number of carbonyl (C=O) groups is 1. The molecule has 0 saturated carbocycles. The predicted octanol–water partition coefficient (Wildman–Crippen LogP) is 1.33. The minimum Gasteiger partial charge on any atom is -0.388 e. The summed E-state index contributed by atoms with van der Waals surface area (Å²) in [4.78, 5) is 17.5. The Balaban J connectivity index is 2.18. The van der Waals surface area contributed by atoms with Crippen LogP contribution in [0.25, 0.3) is 0 Å². The number of amides is 1. The molecule has 1 atom stereocenters. The summed E-state index contributed by atoms with van der Waals surface area (Å²) in [6.07, 6.45) is 3.58. The molecule has 16 heavy (non-hydrogen) atoms. The molecule has 0 radical (unpaired) electrons. The van der Waals surface area contributed by atoms with Crippen LogP contribution < -0.4 is 0 Å². The first-order valence-corrected chi connectivity index (χ1v) is 5.48. The lowest BCUT2D eigenvalue weighted by Gasteiger charge is -2.19. The molecule has 1 aliphatic rings. The average molecular weight is 241 g/mol. The summed E-state index contributed by atoms with van der Waals surface area (Å²) in [5.74, 6) is -0.148. The lowest BCUT2D eigenvalue weighted by Crippen LogP contribution is -2.34. The van der Waals surface area contributed by atoms with E-state index in [1.165, 1.54) is 12.4 Å². The molecule has 1 unspecified atom stereocenters. The summed E-state index contributed by atoms with van der Waals surface area (Å²) in [5.41, 5.74) is -0.343. The number of nitrogens with zero attached hydrogens (tertiary/aromatic N) is 2. The van der Waals surface area contributed by atoms with Crippen molar-refractivity contribution in [2.45, 2.75) is 18.9 Å². The number of aliphatic hydroxyl groups is 1. The first-order chi connectivity index (χ1) is 7.49. The van der Waals surface area contributed by atoms with Crippen molar-refractivity contribution in [3.05, 3.63) is 29.0 Å². The van der Waals surface area contributed by atoms with Crippen LogP contribution in [0.3, 0.4) is 0 Å². The van der Waals surface area contributed by atoms with Gasteiger partial charge in [-0.3, -0.25) is 9.78 Å². The zero-order valence-corrected chi connectivity index (χ0v) is 9.74. The van der Waals surface area contributed by atoms with Crippen LogP contribution in [0.1, 0.15) is 23.7 Å². The zero-order valence-electron chi connectivity index (χ0n) is 8.98. The highest BCUT2D eigenvalue weighted by Crippen LogP contribution is 2.24. The Morgan fingerprint density at radius 2 is 2.44 bits per heavy atom. The van der Waals surface area contributed by atoms with Crippen LogP contribution in [-0.4, -0.2) is 39.6 Å². The third-order valence-corrected chi connectivity index (χ3v) is 3.04. The molecule has 0 bridgehead atoms. The average Bonchev–Trinajstić information content (AvgIpc) is 2.59. The minimum absolute atomic E-state index is 0.148. The summed E-state index contributed by atoms with van der Waals surface area (Å²) >= 11 is 5.90. The largest absolute Gasteiger partial charge is 0.388 e. The van der Waals surface area contributed by atoms with Crippen molar-refractivity contribution < 1.29 is 9.90 Å². The molecule has 5 heteroatoms. The van der Waals surface area contributed by atoms with Gasteiger partial charge in [-0.1, -0.05) is 11.6 Å². The lowest BCUT2D eigenvalue weighted by molar-refractivity contribution is 0.0572. The Morgan fingerprint density at radius 1 is 1.69 bits per heavy atom. The van der Waals surface area contributed by atoms with E-state index in [1.54, 1.807) is 17.9 Å². The van der Waals surface area contributed by atoms with Gasteiger partial charge in [-0.05, 0) is 19.4 Å². The van der Waals surface area contributed by atoms with E-state index >= 15 is 0 Å². The molecule has 1 fully saturated rings. The molecule has 4 nitrogen and oxygen atoms in total. The maximum absolute atomic E-state index is 12.1. The topological polar surface area (TPSA) is 53.4 Å². The van der Waals surface area contributed by atoms with Gasteiger partial charge in [0.15, 0.2) is 0 Å². The van der Waals surface area contributed by atoms with E-state index in [-0.39, 0.29) is 5.91 Å². The maximum atomic E-state index is 12.1. The fraction of sp³-hybridized carbons (Fsp3) is 0.455. The quantitative estimate of drug-likeness (QED) is 0.806. The van der Waals surface area contributed by atoms with Crippen LogP contribution in [0.15, 0.2) is 18.5 Å². The van der Waals surface area contributed by atoms with Gasteiger partial charge in [-0.25, -0.2) is 0 Å². The highest BCUT2D eigenvalue weighted by molar-refractivity contribution is 6.33. The third kappa shape index (κ3) is 2.18. The summed E-state index contributed by atoms with van der Waals surface area (Å²) in [6.45, 7) is 2.64. The second kappa shape index (κ2) is 4.03. The van der Waals surface area contributed by atoms with Crippen molar-refractivity contribution in [1.82, 2.24) is 9.88 Å². The van der Waals surface area contributed by atoms with E-state index < -0.39 is 5.60 Å². The van der Waals surface area contributed by atoms with Crippen molar-refractivity contribution in [1.29, 1.82) is 0 Å². The van der Waals surface area contributed by atoms with Gasteiger partial charge in [0, 0.05) is 25.5 Å². The fourth-order valence-electron chi connectivity index (χ4n) is 1.84. The van der Waals surface area contributed by atoms with E-state index in [9.17, 15) is 9.90 Å². The molecule has 2 rings (SSSR count). The highest BCUT2D eigenvalue weighted by atomic mass is 35.5. The number of carbonyl (C=O) groups excluding carboxylic acids is 1. The SMILES string of the molecule is CC1(O)CCN(C(=O)c2ccncc2Cl)C1. The van der Waals surface area contributed by atoms with Crippen LogP contribution in [0, 0.1) is 0 Å². The van der Waals surface area contributed by atoms with E-state index in [0.717, 1.165) is 0 Å². The summed E-state index contributed by atoms with van der Waals surface area (Å²) in [5, 5.41) is 10.1. The normalized spacial score (nSPS) is 24.8. The predicted molar refractivity (Wildman–Crippen MR) is 60.4 cm³/mol. The number of likely N-dealkylation sites (tertiary alicyclic amines) is 1. The summed E-state index contributed by atoms with van der Waals surface area (Å²) in [7, 11) is 0. The highest BCUT2D eigenvalue weighted by Gasteiger charge is 2.34. The number of β-amino-alcohol motifs (C(OH)–C–C–N with tert-alkyl or cyclic N) is 1. The van der Waals surface area contributed by atoms with Gasteiger partial charge in [-0.15, -0.1) is 0 Å². The summed E-state index contributed by atoms with van der Waals surface area (Å²) in [6, 6.07) is 1.59. The second-order valence-corrected chi connectivity index (χ2v) is 4.74. The molecule has 0 aliphatic carbocycles. The molecule has 0 aromatic carbocycles. The van der Waals surface area contributed by atoms with E-state index in [4.69, 9.17) is 11.6 Å². The molecule has 1 aromatic heterocycles. The lowest BCUT2D eigenvalue weighted by atomic mass is 10.1. The zero-order chi connectivity index (χ0) is 11.8. The molecule has 0 spiro atoms. The van der Waals surface area contributed by atoms with Gasteiger partial charge in [0.05, 0.1) is 16.2 Å². The van der Waals surface area contributed by atoms with Crippen LogP contribution in [0.4, 0.5) is 0 Å². The molecule has 1 aliphatic heterocycles. The van der Waals surface area contributed by atoms with Gasteiger partial charge in [0.25, 0.3) is 5.91 Å². The molecule has 1 saturated heterocycles. The number of aromatic nitrogens is 1. The first kappa shape index (κ1) is 11.4. The first-order valence-electron chi connectivity index (χ1n) is 5.11. The number of hydrogen-bond donors (Lipinski definition) is 1. The number of pyridine rings is 1. The molecule has 1 aromatic rings. The molecule has 86 valence electrons. The Labute approximate surface area is 98.9 Å². The minimum atomic E-state index is -0.783. The van der Waals surface area contributed by atoms with E-state index in [0.29, 0.717) is 30.1 Å². The van der Waals surface area contributed by atoms with Gasteiger partial charge >= 0.3 is 0 Å². The van der Waals surface area contributed by atoms with Crippen molar-refractivity contribution in [3.63, 3.8) is 0 Å². The third-order valence-electron chi connectivity index (χ3n) is 2.74. The second-order valence-electron chi connectivity index (χ2n) is 4.33. The van der Waals surface area contributed by atoms with Gasteiger partial charge in [0.1, 0.15) is 0 Å². The number of rotatable bonds is 1. The Bertz CT molecular complexity index is 420. The van der Waals surface area contributed by atoms with Crippen LogP contribution >= 0.6 is 11.6 Å². The Morgan fingerprint density at radius 3 is 3.00 bits per heavy atom. The molecule has 1 amide bonds. The van der Waals surface area contributed by atoms with Crippen molar-refractivity contribution in [2.75, 3.05) is 13.1 Å². The van der Waals surface area contributed by atoms with Gasteiger partial charge < -0.3 is 10.0 Å². The summed E-state index contributed by atoms with van der Waals surface area (Å²) < 4.78 is 0. The maximum Gasteiger partial charge on any atom is 0.255 e. The number of halogens is 1. The van der Waals surface area contributed by atoms with Crippen LogP contribution in [-0.2, 0) is 0 Å². The fourth-order valence-corrected chi connectivity index (χ4v) is 2.04. The molecule has 1 N–H and O–H groups in total. The Hall–Kier alpha value is -1.13. The molecule has 2 heterocycles. The Kier molecular flexibility index (Phi) is 2.86. The van der Waals surface area contributed by atoms with E-state index in [1.807, 2.05) is 0 Å². The van der Waals surface area contributed by atoms with E-state index in [2.05, 4.69) is 4.98 Å². The number of hydrogen-bond acceptors (Lipinski definition) is 3. The standard InChI is InChI=1S/C11H13ClN2O2/c1-11(16)3-5-14(7-11)10(15)8-2-4-13-6-9(8)12/h2,4,6,16H,3,5,7H2,1H3. The van der Waals surface area contributed by atoms with Crippen molar-refractivity contribution >= 4 is 17.5 Å². The van der Waals surface area contributed by atoms with Crippen LogP contribution in [0.2, 0.25) is 5.02 Å².